The number of nitrogens with one attached hydrogen (secondary N) is 1. The molecule has 1 fully saturated rings. The van der Waals surface area contributed by atoms with E-state index in [0.717, 1.165) is 37.9 Å². The van der Waals surface area contributed by atoms with Crippen LogP contribution in [-0.2, 0) is 4.74 Å². The number of benzene rings is 1. The molecule has 3 nitrogen and oxygen atoms in total. The van der Waals surface area contributed by atoms with Gasteiger partial charge in [0.05, 0.1) is 17.6 Å². The standard InChI is InChI=1S/C18H26N2O/c1-3-18(4-2)12-17(10-11-21-18)20-14-16(13-19)15-8-6-5-7-9-15/h5-9,16-17,20H,3-4,10-12,14H2,1-2H3. The van der Waals surface area contributed by atoms with Crippen LogP contribution in [0.15, 0.2) is 30.3 Å². The van der Waals surface area contributed by atoms with Crippen molar-refractivity contribution in [2.24, 2.45) is 0 Å². The highest BCUT2D eigenvalue weighted by Gasteiger charge is 2.34. The summed E-state index contributed by atoms with van der Waals surface area (Å²) >= 11 is 0. The predicted molar refractivity (Wildman–Crippen MR) is 85.1 cm³/mol. The van der Waals surface area contributed by atoms with Crippen molar-refractivity contribution in [1.29, 1.82) is 5.26 Å². The largest absolute Gasteiger partial charge is 0.375 e. The summed E-state index contributed by atoms with van der Waals surface area (Å²) in [5.41, 5.74) is 1.13. The molecule has 114 valence electrons. The third kappa shape index (κ3) is 4.06. The van der Waals surface area contributed by atoms with E-state index in [0.29, 0.717) is 12.6 Å². The van der Waals surface area contributed by atoms with Gasteiger partial charge in [0.15, 0.2) is 0 Å². The van der Waals surface area contributed by atoms with Crippen molar-refractivity contribution >= 4 is 0 Å². The maximum absolute atomic E-state index is 9.39. The minimum absolute atomic E-state index is 0.0325. The fourth-order valence-electron chi connectivity index (χ4n) is 3.15. The number of ether oxygens (including phenoxy) is 1. The van der Waals surface area contributed by atoms with E-state index >= 15 is 0 Å². The van der Waals surface area contributed by atoms with E-state index < -0.39 is 0 Å². The van der Waals surface area contributed by atoms with E-state index in [1.54, 1.807) is 0 Å². The Morgan fingerprint density at radius 2 is 2.05 bits per heavy atom. The van der Waals surface area contributed by atoms with Crippen LogP contribution >= 0.6 is 0 Å². The molecule has 2 unspecified atom stereocenters. The number of rotatable bonds is 6. The Morgan fingerprint density at radius 3 is 2.67 bits per heavy atom. The Kier molecular flexibility index (Phi) is 5.78. The number of hydrogen-bond donors (Lipinski definition) is 1. The maximum Gasteiger partial charge on any atom is 0.0837 e. The maximum atomic E-state index is 9.39. The van der Waals surface area contributed by atoms with Crippen LogP contribution in [0.5, 0.6) is 0 Å². The van der Waals surface area contributed by atoms with Crippen LogP contribution in [-0.4, -0.2) is 24.8 Å². The lowest BCUT2D eigenvalue weighted by atomic mass is 9.85. The van der Waals surface area contributed by atoms with Crippen LogP contribution in [0.4, 0.5) is 0 Å². The summed E-state index contributed by atoms with van der Waals surface area (Å²) in [6.07, 6.45) is 4.20. The topological polar surface area (TPSA) is 45.0 Å². The molecule has 1 aromatic carbocycles. The highest BCUT2D eigenvalue weighted by molar-refractivity contribution is 5.25. The summed E-state index contributed by atoms with van der Waals surface area (Å²) < 4.78 is 6.01. The van der Waals surface area contributed by atoms with Crippen molar-refractivity contribution < 1.29 is 4.74 Å². The van der Waals surface area contributed by atoms with Gasteiger partial charge in [0, 0.05) is 19.2 Å². The summed E-state index contributed by atoms with van der Waals surface area (Å²) in [5.74, 6) is -0.0771. The van der Waals surface area contributed by atoms with E-state index in [4.69, 9.17) is 4.74 Å². The fraction of sp³-hybridized carbons (Fsp3) is 0.611. The summed E-state index contributed by atoms with van der Waals surface area (Å²) in [7, 11) is 0. The molecule has 1 N–H and O–H groups in total. The zero-order chi connectivity index (χ0) is 15.1. The van der Waals surface area contributed by atoms with Crippen molar-refractivity contribution in [1.82, 2.24) is 5.32 Å². The number of hydrogen-bond acceptors (Lipinski definition) is 3. The van der Waals surface area contributed by atoms with Crippen molar-refractivity contribution in [3.8, 4) is 6.07 Å². The fourth-order valence-corrected chi connectivity index (χ4v) is 3.15. The molecule has 2 rings (SSSR count). The Morgan fingerprint density at radius 1 is 1.33 bits per heavy atom. The van der Waals surface area contributed by atoms with E-state index in [2.05, 4.69) is 25.2 Å². The van der Waals surface area contributed by atoms with Gasteiger partial charge in [-0.05, 0) is 31.2 Å². The highest BCUT2D eigenvalue weighted by Crippen LogP contribution is 2.31. The van der Waals surface area contributed by atoms with Gasteiger partial charge in [-0.2, -0.15) is 5.26 Å². The summed E-state index contributed by atoms with van der Waals surface area (Å²) in [6, 6.07) is 12.9. The molecular formula is C18H26N2O. The van der Waals surface area contributed by atoms with Crippen molar-refractivity contribution in [3.05, 3.63) is 35.9 Å². The van der Waals surface area contributed by atoms with E-state index in [-0.39, 0.29) is 11.5 Å². The van der Waals surface area contributed by atoms with Gasteiger partial charge in [-0.1, -0.05) is 44.2 Å². The van der Waals surface area contributed by atoms with Gasteiger partial charge in [-0.25, -0.2) is 0 Å². The average molecular weight is 286 g/mol. The van der Waals surface area contributed by atoms with Gasteiger partial charge < -0.3 is 10.1 Å². The molecular weight excluding hydrogens is 260 g/mol. The molecule has 0 saturated carbocycles. The Bertz CT molecular complexity index is 462. The van der Waals surface area contributed by atoms with Gasteiger partial charge in [-0.15, -0.1) is 0 Å². The first-order valence-corrected chi connectivity index (χ1v) is 8.05. The summed E-state index contributed by atoms with van der Waals surface area (Å²) in [6.45, 7) is 5.94. The van der Waals surface area contributed by atoms with Gasteiger partial charge in [-0.3, -0.25) is 0 Å². The van der Waals surface area contributed by atoms with Gasteiger partial charge in [0.2, 0.25) is 0 Å². The molecule has 0 radical (unpaired) electrons. The molecule has 0 bridgehead atoms. The van der Waals surface area contributed by atoms with Gasteiger partial charge in [0.1, 0.15) is 0 Å². The van der Waals surface area contributed by atoms with E-state index in [9.17, 15) is 5.26 Å². The van der Waals surface area contributed by atoms with E-state index in [1.165, 1.54) is 0 Å². The van der Waals surface area contributed by atoms with Crippen molar-refractivity contribution in [2.75, 3.05) is 13.2 Å². The van der Waals surface area contributed by atoms with Crippen LogP contribution < -0.4 is 5.32 Å². The normalized spacial score (nSPS) is 22.4. The molecule has 1 saturated heterocycles. The molecule has 1 aromatic rings. The molecule has 3 heteroatoms. The Hall–Kier alpha value is -1.37. The molecule has 0 aliphatic carbocycles. The molecule has 0 amide bonds. The van der Waals surface area contributed by atoms with Crippen LogP contribution in [0, 0.1) is 11.3 Å². The van der Waals surface area contributed by atoms with Crippen molar-refractivity contribution in [2.45, 2.75) is 57.1 Å². The third-order valence-electron chi connectivity index (χ3n) is 4.75. The molecule has 0 spiro atoms. The Balaban J connectivity index is 1.91. The van der Waals surface area contributed by atoms with Crippen LogP contribution in [0.3, 0.4) is 0 Å². The highest BCUT2D eigenvalue weighted by atomic mass is 16.5. The smallest absolute Gasteiger partial charge is 0.0837 e. The van der Waals surface area contributed by atoms with Gasteiger partial charge in [0.25, 0.3) is 0 Å². The van der Waals surface area contributed by atoms with Crippen LogP contribution in [0.25, 0.3) is 0 Å². The summed E-state index contributed by atoms with van der Waals surface area (Å²) in [4.78, 5) is 0. The SMILES string of the molecule is CCC1(CC)CC(NCC(C#N)c2ccccc2)CCO1. The predicted octanol–water partition coefficient (Wildman–Crippen LogP) is 3.62. The van der Waals surface area contributed by atoms with E-state index in [1.807, 2.05) is 30.3 Å². The minimum atomic E-state index is -0.0771. The molecule has 0 aromatic heterocycles. The lowest BCUT2D eigenvalue weighted by molar-refractivity contribution is -0.0929. The molecule has 21 heavy (non-hydrogen) atoms. The lowest BCUT2D eigenvalue weighted by Crippen LogP contribution is -2.47. The zero-order valence-corrected chi connectivity index (χ0v) is 13.1. The second kappa shape index (κ2) is 7.59. The van der Waals surface area contributed by atoms with Crippen LogP contribution in [0.1, 0.15) is 51.0 Å². The Labute approximate surface area is 128 Å². The second-order valence-electron chi connectivity index (χ2n) is 5.93. The first-order chi connectivity index (χ1) is 10.2. The van der Waals surface area contributed by atoms with Crippen molar-refractivity contribution in [3.63, 3.8) is 0 Å². The lowest BCUT2D eigenvalue weighted by Gasteiger charge is -2.40. The molecule has 1 heterocycles. The monoisotopic (exact) mass is 286 g/mol. The van der Waals surface area contributed by atoms with Crippen LogP contribution in [0.2, 0.25) is 0 Å². The number of nitriles is 1. The summed E-state index contributed by atoms with van der Waals surface area (Å²) in [5, 5.41) is 13.0. The average Bonchev–Trinajstić information content (AvgIpc) is 2.56. The molecule has 1 aliphatic rings. The first kappa shape index (κ1) is 16.0. The minimum Gasteiger partial charge on any atom is -0.375 e. The zero-order valence-electron chi connectivity index (χ0n) is 13.1. The first-order valence-electron chi connectivity index (χ1n) is 8.05. The quantitative estimate of drug-likeness (QED) is 0.868. The van der Waals surface area contributed by atoms with Gasteiger partial charge >= 0.3 is 0 Å². The second-order valence-corrected chi connectivity index (χ2v) is 5.93. The number of nitrogens with zero attached hydrogens (tertiary/aromatic N) is 1. The molecule has 1 aliphatic heterocycles. The third-order valence-corrected chi connectivity index (χ3v) is 4.75. The molecule has 2 atom stereocenters.